The highest BCUT2D eigenvalue weighted by Crippen LogP contribution is 2.33. The second-order valence-electron chi connectivity index (χ2n) is 5.16. The molecule has 5 heteroatoms. The minimum atomic E-state index is -0.344. The van der Waals surface area contributed by atoms with Crippen molar-refractivity contribution < 1.29 is 5.21 Å². The maximum atomic E-state index is 12.2. The van der Waals surface area contributed by atoms with Crippen LogP contribution in [0.4, 0.5) is 0 Å². The molecule has 21 heavy (non-hydrogen) atoms. The first-order valence-corrected chi connectivity index (χ1v) is 7.79. The summed E-state index contributed by atoms with van der Waals surface area (Å²) in [6.45, 7) is 1.81. The highest BCUT2D eigenvalue weighted by Gasteiger charge is 2.16. The Morgan fingerprint density at radius 2 is 2.19 bits per heavy atom. The van der Waals surface area contributed by atoms with Crippen LogP contribution in [0.5, 0.6) is 0 Å². The van der Waals surface area contributed by atoms with E-state index in [0.717, 1.165) is 40.6 Å². The van der Waals surface area contributed by atoms with Gasteiger partial charge in [0.1, 0.15) is 4.70 Å². The van der Waals surface area contributed by atoms with Gasteiger partial charge in [0.25, 0.3) is 0 Å². The third kappa shape index (κ3) is 1.81. The molecule has 0 saturated carbocycles. The fraction of sp³-hybridized carbons (Fsp3) is 0.188. The topological polar surface area (TPSA) is 54.3 Å². The predicted octanol–water partition coefficient (Wildman–Crippen LogP) is 2.83. The summed E-state index contributed by atoms with van der Waals surface area (Å²) in [7, 11) is 0. The molecule has 0 spiro atoms. The number of pyridine rings is 1. The van der Waals surface area contributed by atoms with Gasteiger partial charge in [-0.2, -0.15) is 0 Å². The smallest absolute Gasteiger partial charge is 0.301 e. The van der Waals surface area contributed by atoms with Gasteiger partial charge in [-0.1, -0.05) is 18.2 Å². The Hall–Kier alpha value is -2.11. The lowest BCUT2D eigenvalue weighted by molar-refractivity contribution is 0.190. The molecule has 1 aromatic carbocycles. The van der Waals surface area contributed by atoms with Gasteiger partial charge < -0.3 is 10.5 Å². The number of thiophene rings is 1. The zero-order valence-electron chi connectivity index (χ0n) is 11.3. The van der Waals surface area contributed by atoms with Gasteiger partial charge in [-0.15, -0.1) is 16.1 Å². The molecular formula is C16H14N2O2S. The van der Waals surface area contributed by atoms with Crippen molar-refractivity contribution in [1.82, 2.24) is 10.0 Å². The lowest BCUT2D eigenvalue weighted by Crippen LogP contribution is -2.20. The van der Waals surface area contributed by atoms with Gasteiger partial charge in [-0.25, -0.2) is 0 Å². The van der Waals surface area contributed by atoms with Crippen LogP contribution in [0.2, 0.25) is 0 Å². The normalized spacial score (nSPS) is 15.5. The van der Waals surface area contributed by atoms with Crippen LogP contribution in [0.1, 0.15) is 12.0 Å². The van der Waals surface area contributed by atoms with Crippen LogP contribution in [0, 0.1) is 0 Å². The van der Waals surface area contributed by atoms with E-state index >= 15 is 0 Å². The van der Waals surface area contributed by atoms with Crippen molar-refractivity contribution in [3.8, 4) is 0 Å². The van der Waals surface area contributed by atoms with E-state index < -0.39 is 0 Å². The molecule has 0 bridgehead atoms. The van der Waals surface area contributed by atoms with Gasteiger partial charge in [0, 0.05) is 17.3 Å². The Morgan fingerprint density at radius 1 is 1.29 bits per heavy atom. The van der Waals surface area contributed by atoms with Crippen LogP contribution in [0.15, 0.2) is 40.5 Å². The summed E-state index contributed by atoms with van der Waals surface area (Å²) in [6.07, 6.45) is 3.14. The van der Waals surface area contributed by atoms with Gasteiger partial charge in [0.2, 0.25) is 0 Å². The standard InChI is InChI=1S/C16H14N2O2S/c19-16-15-12(6-9-21-15)14-11(10-4-7-17-8-5-10)2-1-3-13(14)18(16)20/h1-4,6,9,17,20H,5,7-8H2. The summed E-state index contributed by atoms with van der Waals surface area (Å²) in [6, 6.07) is 7.72. The third-order valence-corrected chi connectivity index (χ3v) is 4.90. The number of nitrogens with one attached hydrogen (secondary N) is 1. The summed E-state index contributed by atoms with van der Waals surface area (Å²) < 4.78 is 1.38. The maximum absolute atomic E-state index is 12.2. The number of rotatable bonds is 1. The highest BCUT2D eigenvalue weighted by atomic mass is 32.1. The van der Waals surface area contributed by atoms with Crippen molar-refractivity contribution >= 4 is 37.9 Å². The molecule has 4 nitrogen and oxygen atoms in total. The van der Waals surface area contributed by atoms with Crippen molar-refractivity contribution in [1.29, 1.82) is 0 Å². The Labute approximate surface area is 124 Å². The molecule has 1 aliphatic rings. The van der Waals surface area contributed by atoms with E-state index in [1.54, 1.807) is 6.07 Å². The van der Waals surface area contributed by atoms with Crippen molar-refractivity contribution in [2.45, 2.75) is 6.42 Å². The average Bonchev–Trinajstić information content (AvgIpc) is 3.02. The van der Waals surface area contributed by atoms with E-state index in [4.69, 9.17) is 0 Å². The molecule has 0 radical (unpaired) electrons. The maximum Gasteiger partial charge on any atom is 0.301 e. The summed E-state index contributed by atoms with van der Waals surface area (Å²) >= 11 is 1.37. The lowest BCUT2D eigenvalue weighted by Gasteiger charge is -2.17. The van der Waals surface area contributed by atoms with E-state index in [2.05, 4.69) is 17.5 Å². The van der Waals surface area contributed by atoms with Crippen LogP contribution in [0.25, 0.3) is 26.6 Å². The number of hydrogen-bond donors (Lipinski definition) is 2. The van der Waals surface area contributed by atoms with E-state index in [9.17, 15) is 10.0 Å². The lowest BCUT2D eigenvalue weighted by atomic mass is 9.95. The fourth-order valence-electron chi connectivity index (χ4n) is 3.01. The summed E-state index contributed by atoms with van der Waals surface area (Å²) in [5, 5.41) is 17.3. The molecule has 0 fully saturated rings. The minimum Gasteiger partial charge on any atom is -0.425 e. The Kier molecular flexibility index (Phi) is 2.83. The zero-order valence-corrected chi connectivity index (χ0v) is 12.1. The highest BCUT2D eigenvalue weighted by molar-refractivity contribution is 7.17. The molecule has 0 saturated heterocycles. The molecule has 1 aliphatic heterocycles. The number of nitrogens with zero attached hydrogens (tertiary/aromatic N) is 1. The second kappa shape index (κ2) is 4.72. The first kappa shape index (κ1) is 12.6. The van der Waals surface area contributed by atoms with Gasteiger partial charge in [0.15, 0.2) is 0 Å². The fourth-order valence-corrected chi connectivity index (χ4v) is 3.84. The van der Waals surface area contributed by atoms with Crippen molar-refractivity contribution in [3.05, 3.63) is 51.6 Å². The molecular weight excluding hydrogens is 284 g/mol. The molecule has 4 rings (SSSR count). The Bertz CT molecular complexity index is 936. The van der Waals surface area contributed by atoms with Gasteiger partial charge in [-0.3, -0.25) is 4.79 Å². The first-order valence-electron chi connectivity index (χ1n) is 6.91. The van der Waals surface area contributed by atoms with Crippen LogP contribution in [0.3, 0.4) is 0 Å². The third-order valence-electron chi connectivity index (χ3n) is 4.00. The molecule has 106 valence electrons. The average molecular weight is 298 g/mol. The Balaban J connectivity index is 2.18. The number of fused-ring (bicyclic) bond motifs is 3. The molecule has 3 aromatic rings. The van der Waals surface area contributed by atoms with Crippen LogP contribution in [-0.2, 0) is 0 Å². The van der Waals surface area contributed by atoms with Crippen molar-refractivity contribution in [3.63, 3.8) is 0 Å². The first-order chi connectivity index (χ1) is 10.3. The summed E-state index contributed by atoms with van der Waals surface area (Å²) in [4.78, 5) is 12.2. The molecule has 0 aliphatic carbocycles. The predicted molar refractivity (Wildman–Crippen MR) is 86.2 cm³/mol. The van der Waals surface area contributed by atoms with Gasteiger partial charge in [-0.05, 0) is 41.6 Å². The van der Waals surface area contributed by atoms with Crippen molar-refractivity contribution in [2.75, 3.05) is 13.1 Å². The van der Waals surface area contributed by atoms with Gasteiger partial charge >= 0.3 is 5.56 Å². The largest absolute Gasteiger partial charge is 0.425 e. The van der Waals surface area contributed by atoms with E-state index in [0.29, 0.717) is 10.2 Å². The molecule has 2 aromatic heterocycles. The SMILES string of the molecule is O=c1c2sccc2c2c(C3=CCNCC3)cccc2n1O. The molecule has 3 heterocycles. The van der Waals surface area contributed by atoms with Crippen LogP contribution < -0.4 is 10.9 Å². The second-order valence-corrected chi connectivity index (χ2v) is 6.08. The number of benzene rings is 1. The number of hydrogen-bond acceptors (Lipinski definition) is 4. The summed E-state index contributed by atoms with van der Waals surface area (Å²) in [5.41, 5.74) is 2.61. The van der Waals surface area contributed by atoms with E-state index in [1.165, 1.54) is 16.9 Å². The summed E-state index contributed by atoms with van der Waals surface area (Å²) in [5.74, 6) is 0. The van der Waals surface area contributed by atoms with Crippen LogP contribution in [-0.4, -0.2) is 23.0 Å². The van der Waals surface area contributed by atoms with E-state index in [-0.39, 0.29) is 5.56 Å². The molecule has 2 N–H and O–H groups in total. The molecule has 0 atom stereocenters. The van der Waals surface area contributed by atoms with Crippen LogP contribution >= 0.6 is 11.3 Å². The molecule has 0 amide bonds. The van der Waals surface area contributed by atoms with Gasteiger partial charge in [0.05, 0.1) is 5.52 Å². The number of aromatic nitrogens is 1. The zero-order chi connectivity index (χ0) is 14.4. The van der Waals surface area contributed by atoms with Crippen molar-refractivity contribution in [2.24, 2.45) is 0 Å². The minimum absolute atomic E-state index is 0.344. The van der Waals surface area contributed by atoms with E-state index in [1.807, 2.05) is 17.5 Å². The molecule has 0 unspecified atom stereocenters. The quantitative estimate of drug-likeness (QED) is 0.679. The monoisotopic (exact) mass is 298 g/mol. The Morgan fingerprint density at radius 3 is 3.00 bits per heavy atom.